The zero-order chi connectivity index (χ0) is 10.8. The van der Waals surface area contributed by atoms with Crippen LogP contribution >= 0.6 is 0 Å². The average Bonchev–Trinajstić information content (AvgIpc) is 2.51. The van der Waals surface area contributed by atoms with Gasteiger partial charge in [0.25, 0.3) is 0 Å². The molecule has 4 nitrogen and oxygen atoms in total. The van der Waals surface area contributed by atoms with Crippen LogP contribution in [-0.4, -0.2) is 22.5 Å². The Morgan fingerprint density at radius 2 is 2.21 bits per heavy atom. The van der Waals surface area contributed by atoms with Crippen LogP contribution in [0.4, 0.5) is 0 Å². The number of ether oxygens (including phenoxy) is 1. The van der Waals surface area contributed by atoms with E-state index in [0.29, 0.717) is 12.3 Å². The van der Waals surface area contributed by atoms with E-state index in [2.05, 4.69) is 9.97 Å². The van der Waals surface area contributed by atoms with E-state index in [-0.39, 0.29) is 11.4 Å². The lowest BCUT2D eigenvalue weighted by molar-refractivity contribution is 0.0520. The van der Waals surface area contributed by atoms with Crippen LogP contribution in [-0.2, 0) is 10.2 Å². The number of carbonyl (C=O) groups is 1. The Kier molecular flexibility index (Phi) is 2.93. The monoisotopic (exact) mass is 196 g/mol. The number of hydrogen-bond donors (Lipinski definition) is 1. The third-order valence-electron chi connectivity index (χ3n) is 1.78. The van der Waals surface area contributed by atoms with Crippen molar-refractivity contribution in [1.29, 1.82) is 0 Å². The van der Waals surface area contributed by atoms with Gasteiger partial charge in [0, 0.05) is 5.41 Å². The summed E-state index contributed by atoms with van der Waals surface area (Å²) in [5.74, 6) is 0.441. The van der Waals surface area contributed by atoms with Gasteiger partial charge in [-0.25, -0.2) is 9.78 Å². The van der Waals surface area contributed by atoms with Crippen LogP contribution in [0, 0.1) is 0 Å². The first kappa shape index (κ1) is 10.8. The summed E-state index contributed by atoms with van der Waals surface area (Å²) in [5.41, 5.74) is 0.335. The number of H-pyrrole nitrogens is 1. The molecule has 0 atom stereocenters. The van der Waals surface area contributed by atoms with Gasteiger partial charge in [0.1, 0.15) is 11.5 Å². The average molecular weight is 196 g/mol. The number of aromatic amines is 1. The Morgan fingerprint density at radius 3 is 2.64 bits per heavy atom. The highest BCUT2D eigenvalue weighted by Gasteiger charge is 2.19. The summed E-state index contributed by atoms with van der Waals surface area (Å²) in [6, 6.07) is 0. The summed E-state index contributed by atoms with van der Waals surface area (Å²) >= 11 is 0. The number of hydrogen-bond acceptors (Lipinski definition) is 3. The van der Waals surface area contributed by atoms with Crippen LogP contribution in [0.1, 0.15) is 44.0 Å². The highest BCUT2D eigenvalue weighted by atomic mass is 16.5. The summed E-state index contributed by atoms with van der Waals surface area (Å²) < 4.78 is 4.84. The van der Waals surface area contributed by atoms with Crippen molar-refractivity contribution in [2.45, 2.75) is 33.1 Å². The molecule has 14 heavy (non-hydrogen) atoms. The van der Waals surface area contributed by atoms with Crippen molar-refractivity contribution in [3.8, 4) is 0 Å². The number of rotatable bonds is 2. The zero-order valence-corrected chi connectivity index (χ0v) is 9.05. The number of nitrogens with zero attached hydrogens (tertiary/aromatic N) is 1. The number of esters is 1. The summed E-state index contributed by atoms with van der Waals surface area (Å²) in [6.07, 6.45) is 1.51. The highest BCUT2D eigenvalue weighted by Crippen LogP contribution is 2.18. The van der Waals surface area contributed by atoms with E-state index in [1.54, 1.807) is 6.92 Å². The zero-order valence-electron chi connectivity index (χ0n) is 9.05. The standard InChI is InChI=1S/C10H16N2O2/c1-5-14-8(13)7-6-11-9(12-7)10(2,3)4/h6H,5H2,1-4H3,(H,11,12). The van der Waals surface area contributed by atoms with E-state index >= 15 is 0 Å². The fourth-order valence-corrected chi connectivity index (χ4v) is 1.01. The predicted octanol–water partition coefficient (Wildman–Crippen LogP) is 1.88. The minimum atomic E-state index is -0.351. The van der Waals surface area contributed by atoms with Crippen molar-refractivity contribution < 1.29 is 9.53 Å². The highest BCUT2D eigenvalue weighted by molar-refractivity contribution is 5.87. The number of aromatic nitrogens is 2. The molecule has 0 saturated carbocycles. The Bertz CT molecular complexity index is 323. The van der Waals surface area contributed by atoms with Crippen molar-refractivity contribution in [2.24, 2.45) is 0 Å². The van der Waals surface area contributed by atoms with Crippen LogP contribution in [0.25, 0.3) is 0 Å². The minimum absolute atomic E-state index is 0.0786. The summed E-state index contributed by atoms with van der Waals surface area (Å²) in [6.45, 7) is 8.24. The molecule has 0 aromatic carbocycles. The van der Waals surface area contributed by atoms with Crippen LogP contribution in [0.3, 0.4) is 0 Å². The third kappa shape index (κ3) is 2.34. The molecule has 1 aromatic heterocycles. The van der Waals surface area contributed by atoms with E-state index < -0.39 is 0 Å². The van der Waals surface area contributed by atoms with Gasteiger partial charge in [-0.15, -0.1) is 0 Å². The van der Waals surface area contributed by atoms with Crippen LogP contribution in [0.5, 0.6) is 0 Å². The Balaban J connectivity index is 2.83. The van der Waals surface area contributed by atoms with Crippen molar-refractivity contribution in [1.82, 2.24) is 9.97 Å². The molecule has 0 amide bonds. The van der Waals surface area contributed by atoms with Gasteiger partial charge in [-0.05, 0) is 6.92 Å². The van der Waals surface area contributed by atoms with Crippen molar-refractivity contribution >= 4 is 5.97 Å². The number of nitrogens with one attached hydrogen (secondary N) is 1. The second-order valence-corrected chi connectivity index (χ2v) is 4.12. The minimum Gasteiger partial charge on any atom is -0.461 e. The molecule has 0 aliphatic heterocycles. The van der Waals surface area contributed by atoms with E-state index in [1.165, 1.54) is 6.20 Å². The van der Waals surface area contributed by atoms with Crippen molar-refractivity contribution in [2.75, 3.05) is 6.61 Å². The third-order valence-corrected chi connectivity index (χ3v) is 1.78. The van der Waals surface area contributed by atoms with Crippen LogP contribution in [0.2, 0.25) is 0 Å². The molecule has 78 valence electrons. The largest absolute Gasteiger partial charge is 0.461 e. The van der Waals surface area contributed by atoms with E-state index in [9.17, 15) is 4.79 Å². The first-order valence-electron chi connectivity index (χ1n) is 4.67. The van der Waals surface area contributed by atoms with Gasteiger partial charge >= 0.3 is 5.97 Å². The molecule has 0 saturated heterocycles. The topological polar surface area (TPSA) is 55.0 Å². The summed E-state index contributed by atoms with van der Waals surface area (Å²) in [5, 5.41) is 0. The molecule has 1 N–H and O–H groups in total. The van der Waals surface area contributed by atoms with Gasteiger partial charge in [0.2, 0.25) is 0 Å². The molecule has 0 spiro atoms. The normalized spacial score (nSPS) is 11.4. The lowest BCUT2D eigenvalue weighted by Gasteiger charge is -2.13. The smallest absolute Gasteiger partial charge is 0.356 e. The SMILES string of the molecule is CCOC(=O)c1cnc(C(C)(C)C)[nH]1. The van der Waals surface area contributed by atoms with E-state index in [0.717, 1.165) is 5.82 Å². The fourth-order valence-electron chi connectivity index (χ4n) is 1.01. The molecule has 1 aromatic rings. The fraction of sp³-hybridized carbons (Fsp3) is 0.600. The number of carbonyl (C=O) groups excluding carboxylic acids is 1. The first-order chi connectivity index (χ1) is 6.45. The maximum Gasteiger partial charge on any atom is 0.356 e. The molecule has 0 aliphatic carbocycles. The Hall–Kier alpha value is -1.32. The first-order valence-corrected chi connectivity index (χ1v) is 4.67. The van der Waals surface area contributed by atoms with E-state index in [1.807, 2.05) is 20.8 Å². The van der Waals surface area contributed by atoms with Crippen molar-refractivity contribution in [3.63, 3.8) is 0 Å². The van der Waals surface area contributed by atoms with Crippen LogP contribution in [0.15, 0.2) is 6.20 Å². The van der Waals surface area contributed by atoms with Gasteiger partial charge in [0.05, 0.1) is 12.8 Å². The van der Waals surface area contributed by atoms with Crippen LogP contribution < -0.4 is 0 Å². The Labute approximate surface area is 83.7 Å². The lowest BCUT2D eigenvalue weighted by atomic mass is 9.96. The molecule has 1 heterocycles. The predicted molar refractivity (Wildman–Crippen MR) is 53.2 cm³/mol. The lowest BCUT2D eigenvalue weighted by Crippen LogP contribution is -2.14. The maximum atomic E-state index is 11.3. The molecule has 1 rings (SSSR count). The quantitative estimate of drug-likeness (QED) is 0.735. The van der Waals surface area contributed by atoms with Gasteiger partial charge in [-0.1, -0.05) is 20.8 Å². The molecule has 0 unspecified atom stereocenters. The van der Waals surface area contributed by atoms with Gasteiger partial charge in [0.15, 0.2) is 0 Å². The maximum absolute atomic E-state index is 11.3. The second kappa shape index (κ2) is 3.82. The van der Waals surface area contributed by atoms with E-state index in [4.69, 9.17) is 4.74 Å². The second-order valence-electron chi connectivity index (χ2n) is 4.12. The molecule has 0 radical (unpaired) electrons. The summed E-state index contributed by atoms with van der Waals surface area (Å²) in [4.78, 5) is 18.4. The van der Waals surface area contributed by atoms with Gasteiger partial charge in [-0.2, -0.15) is 0 Å². The van der Waals surface area contributed by atoms with Crippen molar-refractivity contribution in [3.05, 3.63) is 17.7 Å². The number of imidazole rings is 1. The Morgan fingerprint density at radius 1 is 1.57 bits per heavy atom. The summed E-state index contributed by atoms with van der Waals surface area (Å²) in [7, 11) is 0. The molecule has 0 bridgehead atoms. The molecule has 4 heteroatoms. The van der Waals surface area contributed by atoms with Gasteiger partial charge in [-0.3, -0.25) is 0 Å². The van der Waals surface area contributed by atoms with Gasteiger partial charge < -0.3 is 9.72 Å². The molecule has 0 aliphatic rings. The molecular formula is C10H16N2O2. The molecular weight excluding hydrogens is 180 g/mol. The molecule has 0 fully saturated rings.